The van der Waals surface area contributed by atoms with Crippen LogP contribution in [-0.4, -0.2) is 47.3 Å². The summed E-state index contributed by atoms with van der Waals surface area (Å²) < 4.78 is 26.1. The topological polar surface area (TPSA) is 59.0 Å². The van der Waals surface area contributed by atoms with E-state index in [0.717, 1.165) is 0 Å². The van der Waals surface area contributed by atoms with E-state index in [0.29, 0.717) is 30.8 Å². The third-order valence-corrected chi connectivity index (χ3v) is 4.56. The van der Waals surface area contributed by atoms with Gasteiger partial charge < -0.3 is 19.5 Å². The van der Waals surface area contributed by atoms with Crippen LogP contribution in [0, 0.1) is 12.7 Å². The number of rotatable bonds is 3. The van der Waals surface area contributed by atoms with Crippen molar-refractivity contribution >= 4 is 5.91 Å². The first-order valence-corrected chi connectivity index (χ1v) is 8.04. The molecule has 1 amide bonds. The van der Waals surface area contributed by atoms with Gasteiger partial charge in [-0.15, -0.1) is 0 Å². The molecular weight excluding hydrogens is 301 g/mol. The number of benzene rings is 1. The zero-order chi connectivity index (χ0) is 16.7. The Kier molecular flexibility index (Phi) is 4.19. The Labute approximate surface area is 135 Å². The van der Waals surface area contributed by atoms with Crippen LogP contribution < -0.4 is 9.47 Å². The lowest BCUT2D eigenvalue weighted by molar-refractivity contribution is 0.0703. The molecule has 2 aliphatic heterocycles. The quantitative estimate of drug-likeness (QED) is 0.927. The molecule has 3 rings (SSSR count). The van der Waals surface area contributed by atoms with Gasteiger partial charge in [-0.2, -0.15) is 0 Å². The largest absolute Gasteiger partial charge is 0.490 e. The van der Waals surface area contributed by atoms with Crippen LogP contribution in [0.15, 0.2) is 6.07 Å². The molecule has 23 heavy (non-hydrogen) atoms. The van der Waals surface area contributed by atoms with Gasteiger partial charge in [-0.3, -0.25) is 4.79 Å². The standard InChI is InChI=1S/C17H22FNO4/c1-4-10(3)23-16-14-13(5-9(2)15(16)18)22-8-11-6-12(20)7-19(11)17(14)21/h5,10-12,20H,4,6-8H2,1-3H3/t10-,11+,12-/m0/s1. The number of nitrogens with zero attached hydrogens (tertiary/aromatic N) is 1. The molecule has 0 bridgehead atoms. The number of halogens is 1. The lowest BCUT2D eigenvalue weighted by atomic mass is 10.1. The lowest BCUT2D eigenvalue weighted by Crippen LogP contribution is -2.37. The van der Waals surface area contributed by atoms with Gasteiger partial charge in [0.05, 0.1) is 18.2 Å². The summed E-state index contributed by atoms with van der Waals surface area (Å²) in [4.78, 5) is 14.5. The van der Waals surface area contributed by atoms with Crippen molar-refractivity contribution in [2.75, 3.05) is 13.2 Å². The summed E-state index contributed by atoms with van der Waals surface area (Å²) in [5, 5.41) is 9.81. The van der Waals surface area contributed by atoms with Gasteiger partial charge in [0.15, 0.2) is 11.6 Å². The fraction of sp³-hybridized carbons (Fsp3) is 0.588. The Bertz CT molecular complexity index is 634. The molecule has 0 aliphatic carbocycles. The van der Waals surface area contributed by atoms with Crippen LogP contribution in [0.25, 0.3) is 0 Å². The predicted octanol–water partition coefficient (Wildman–Crippen LogP) is 2.28. The summed E-state index contributed by atoms with van der Waals surface area (Å²) >= 11 is 0. The van der Waals surface area contributed by atoms with Gasteiger partial charge in [-0.25, -0.2) is 4.39 Å². The maximum Gasteiger partial charge on any atom is 0.261 e. The second kappa shape index (κ2) is 6.00. The number of hydrogen-bond donors (Lipinski definition) is 1. The molecule has 1 fully saturated rings. The minimum absolute atomic E-state index is 0.0404. The van der Waals surface area contributed by atoms with Crippen LogP contribution in [0.2, 0.25) is 0 Å². The molecule has 1 saturated heterocycles. The van der Waals surface area contributed by atoms with E-state index >= 15 is 0 Å². The van der Waals surface area contributed by atoms with Crippen molar-refractivity contribution in [3.05, 3.63) is 23.0 Å². The van der Waals surface area contributed by atoms with Gasteiger partial charge in [-0.1, -0.05) is 6.92 Å². The molecule has 0 spiro atoms. The van der Waals surface area contributed by atoms with E-state index in [-0.39, 0.29) is 35.9 Å². The average molecular weight is 323 g/mol. The van der Waals surface area contributed by atoms with Crippen LogP contribution >= 0.6 is 0 Å². The molecule has 126 valence electrons. The molecule has 5 nitrogen and oxygen atoms in total. The zero-order valence-corrected chi connectivity index (χ0v) is 13.6. The third-order valence-electron chi connectivity index (χ3n) is 4.56. The summed E-state index contributed by atoms with van der Waals surface area (Å²) in [7, 11) is 0. The molecule has 0 saturated carbocycles. The SMILES string of the molecule is CC[C@H](C)Oc1c(F)c(C)cc2c1C(=O)N1C[C@@H](O)C[C@@H]1CO2. The van der Waals surface area contributed by atoms with E-state index < -0.39 is 11.9 Å². The molecule has 3 atom stereocenters. The van der Waals surface area contributed by atoms with E-state index in [1.807, 2.05) is 13.8 Å². The normalized spacial score (nSPS) is 24.6. The first-order valence-electron chi connectivity index (χ1n) is 8.04. The highest BCUT2D eigenvalue weighted by Gasteiger charge is 2.41. The summed E-state index contributed by atoms with van der Waals surface area (Å²) in [5.41, 5.74) is 0.516. The van der Waals surface area contributed by atoms with E-state index in [9.17, 15) is 14.3 Å². The number of aliphatic hydroxyl groups excluding tert-OH is 1. The molecular formula is C17H22FNO4. The molecule has 1 N–H and O–H groups in total. The summed E-state index contributed by atoms with van der Waals surface area (Å²) in [6.07, 6.45) is 0.389. The third kappa shape index (κ3) is 2.76. The Hall–Kier alpha value is -1.82. The highest BCUT2D eigenvalue weighted by molar-refractivity contribution is 6.00. The first-order chi connectivity index (χ1) is 10.9. The van der Waals surface area contributed by atoms with E-state index in [2.05, 4.69) is 0 Å². The fourth-order valence-electron chi connectivity index (χ4n) is 3.07. The van der Waals surface area contributed by atoms with Crippen LogP contribution in [0.3, 0.4) is 0 Å². The van der Waals surface area contributed by atoms with Gasteiger partial charge in [0.2, 0.25) is 0 Å². The van der Waals surface area contributed by atoms with Gasteiger partial charge in [-0.05, 0) is 38.3 Å². The molecule has 1 aromatic carbocycles. The van der Waals surface area contributed by atoms with E-state index in [1.54, 1.807) is 17.9 Å². The van der Waals surface area contributed by atoms with Gasteiger partial charge in [0, 0.05) is 6.54 Å². The van der Waals surface area contributed by atoms with Gasteiger partial charge >= 0.3 is 0 Å². The summed E-state index contributed by atoms with van der Waals surface area (Å²) in [6, 6.07) is 1.36. The Morgan fingerprint density at radius 3 is 3.00 bits per heavy atom. The van der Waals surface area contributed by atoms with Crippen molar-refractivity contribution in [1.82, 2.24) is 4.90 Å². The number of aliphatic hydroxyl groups is 1. The number of aryl methyl sites for hydroxylation is 1. The second-order valence-corrected chi connectivity index (χ2v) is 6.36. The monoisotopic (exact) mass is 323 g/mol. The lowest BCUT2D eigenvalue weighted by Gasteiger charge is -2.22. The van der Waals surface area contributed by atoms with Crippen molar-refractivity contribution in [3.63, 3.8) is 0 Å². The zero-order valence-electron chi connectivity index (χ0n) is 13.6. The van der Waals surface area contributed by atoms with Crippen LogP contribution in [0.4, 0.5) is 4.39 Å². The Balaban J connectivity index is 2.09. The van der Waals surface area contributed by atoms with E-state index in [1.165, 1.54) is 0 Å². The fourth-order valence-corrected chi connectivity index (χ4v) is 3.07. The minimum atomic E-state index is -0.566. The number of fused-ring (bicyclic) bond motifs is 2. The summed E-state index contributed by atoms with van der Waals surface area (Å²) in [5.74, 6) is -0.548. The smallest absolute Gasteiger partial charge is 0.261 e. The molecule has 0 unspecified atom stereocenters. The van der Waals surface area contributed by atoms with Crippen LogP contribution in [0.5, 0.6) is 11.5 Å². The number of hydrogen-bond acceptors (Lipinski definition) is 4. The molecule has 0 aromatic heterocycles. The van der Waals surface area contributed by atoms with Crippen molar-refractivity contribution in [1.29, 1.82) is 0 Å². The molecule has 6 heteroatoms. The maximum absolute atomic E-state index is 14.6. The average Bonchev–Trinajstić information content (AvgIpc) is 2.84. The van der Waals surface area contributed by atoms with E-state index in [4.69, 9.17) is 9.47 Å². The number of amides is 1. The number of carbonyl (C=O) groups excluding carboxylic acids is 1. The van der Waals surface area contributed by atoms with Crippen LogP contribution in [-0.2, 0) is 0 Å². The Morgan fingerprint density at radius 1 is 1.57 bits per heavy atom. The van der Waals surface area contributed by atoms with Gasteiger partial charge in [0.1, 0.15) is 17.9 Å². The Morgan fingerprint density at radius 2 is 2.30 bits per heavy atom. The van der Waals surface area contributed by atoms with Gasteiger partial charge in [0.25, 0.3) is 5.91 Å². The first kappa shape index (κ1) is 16.1. The molecule has 2 heterocycles. The summed E-state index contributed by atoms with van der Waals surface area (Å²) in [6.45, 7) is 5.93. The van der Waals surface area contributed by atoms with Crippen LogP contribution in [0.1, 0.15) is 42.6 Å². The van der Waals surface area contributed by atoms with Crippen molar-refractivity contribution in [2.24, 2.45) is 0 Å². The molecule has 1 aromatic rings. The molecule has 2 aliphatic rings. The second-order valence-electron chi connectivity index (χ2n) is 6.36. The number of ether oxygens (including phenoxy) is 2. The van der Waals surface area contributed by atoms with Crippen molar-refractivity contribution < 1.29 is 23.8 Å². The maximum atomic E-state index is 14.6. The number of carbonyl (C=O) groups is 1. The molecule has 0 radical (unpaired) electrons. The van der Waals surface area contributed by atoms with Crippen molar-refractivity contribution in [2.45, 2.75) is 51.9 Å². The highest BCUT2D eigenvalue weighted by Crippen LogP contribution is 2.39. The highest BCUT2D eigenvalue weighted by atomic mass is 19.1. The minimum Gasteiger partial charge on any atom is -0.490 e. The van der Waals surface area contributed by atoms with Crippen molar-refractivity contribution in [3.8, 4) is 11.5 Å². The predicted molar refractivity (Wildman–Crippen MR) is 82.5 cm³/mol.